The smallest absolute Gasteiger partial charge is 0.274 e. The van der Waals surface area contributed by atoms with E-state index in [4.69, 9.17) is 10.3 Å². The van der Waals surface area contributed by atoms with Gasteiger partial charge in [0.1, 0.15) is 5.76 Å². The van der Waals surface area contributed by atoms with E-state index in [0.29, 0.717) is 18.2 Å². The van der Waals surface area contributed by atoms with E-state index >= 15 is 0 Å². The number of nitrogens with one attached hydrogen (secondary N) is 1. The van der Waals surface area contributed by atoms with Gasteiger partial charge in [-0.15, -0.1) is 0 Å². The summed E-state index contributed by atoms with van der Waals surface area (Å²) in [5, 5.41) is 6.68. The van der Waals surface area contributed by atoms with E-state index in [1.165, 1.54) is 0 Å². The van der Waals surface area contributed by atoms with Gasteiger partial charge in [-0.3, -0.25) is 4.79 Å². The van der Waals surface area contributed by atoms with E-state index in [0.717, 1.165) is 17.7 Å². The Bertz CT molecular complexity index is 385. The standard InChI is InChI=1S/C12H21N3O2/c1-5-10-8(4)11(15-17-10)12(16)14-9(6-13)7(2)3/h7,9H,5-6,13H2,1-4H3,(H,14,16). The summed E-state index contributed by atoms with van der Waals surface area (Å²) in [6, 6.07) is -0.0383. The second kappa shape index (κ2) is 5.82. The average Bonchev–Trinajstić information content (AvgIpc) is 2.66. The quantitative estimate of drug-likeness (QED) is 0.810. The number of hydrogen-bond acceptors (Lipinski definition) is 4. The fourth-order valence-electron chi connectivity index (χ4n) is 1.65. The molecule has 5 heteroatoms. The van der Waals surface area contributed by atoms with Crippen LogP contribution in [0, 0.1) is 12.8 Å². The first kappa shape index (κ1) is 13.7. The second-order valence-electron chi connectivity index (χ2n) is 4.49. The largest absolute Gasteiger partial charge is 0.360 e. The lowest BCUT2D eigenvalue weighted by Crippen LogP contribution is -2.43. The van der Waals surface area contributed by atoms with Crippen molar-refractivity contribution in [3.05, 3.63) is 17.0 Å². The van der Waals surface area contributed by atoms with Gasteiger partial charge in [-0.05, 0) is 12.8 Å². The Hall–Kier alpha value is -1.36. The first-order valence-corrected chi connectivity index (χ1v) is 5.97. The Morgan fingerprint density at radius 2 is 2.18 bits per heavy atom. The van der Waals surface area contributed by atoms with Crippen LogP contribution in [-0.4, -0.2) is 23.7 Å². The Labute approximate surface area is 102 Å². The highest BCUT2D eigenvalue weighted by Crippen LogP contribution is 2.13. The van der Waals surface area contributed by atoms with E-state index in [9.17, 15) is 4.79 Å². The van der Waals surface area contributed by atoms with Crippen molar-refractivity contribution in [1.29, 1.82) is 0 Å². The first-order chi connectivity index (χ1) is 8.01. The van der Waals surface area contributed by atoms with Gasteiger partial charge in [0, 0.05) is 24.6 Å². The molecule has 3 N–H and O–H groups in total. The first-order valence-electron chi connectivity index (χ1n) is 5.97. The van der Waals surface area contributed by atoms with E-state index in [2.05, 4.69) is 10.5 Å². The summed E-state index contributed by atoms with van der Waals surface area (Å²) in [4.78, 5) is 12.0. The van der Waals surface area contributed by atoms with Crippen molar-refractivity contribution in [2.24, 2.45) is 11.7 Å². The number of nitrogens with zero attached hydrogens (tertiary/aromatic N) is 1. The van der Waals surface area contributed by atoms with Crippen LogP contribution in [0.1, 0.15) is 42.6 Å². The molecular weight excluding hydrogens is 218 g/mol. The molecule has 0 saturated heterocycles. The van der Waals surface area contributed by atoms with Crippen LogP contribution in [0.25, 0.3) is 0 Å². The maximum Gasteiger partial charge on any atom is 0.274 e. The highest BCUT2D eigenvalue weighted by atomic mass is 16.5. The number of carbonyl (C=O) groups excluding carboxylic acids is 1. The molecule has 1 unspecified atom stereocenters. The SMILES string of the molecule is CCc1onc(C(=O)NC(CN)C(C)C)c1C. The zero-order valence-corrected chi connectivity index (χ0v) is 10.9. The molecule has 1 aromatic rings. The van der Waals surface area contributed by atoms with Crippen molar-refractivity contribution in [2.75, 3.05) is 6.54 Å². The molecule has 0 saturated carbocycles. The van der Waals surface area contributed by atoms with Gasteiger partial charge in [0.05, 0.1) is 0 Å². The second-order valence-corrected chi connectivity index (χ2v) is 4.49. The molecule has 1 heterocycles. The predicted octanol–water partition coefficient (Wildman–Crippen LogP) is 1.26. The third-order valence-corrected chi connectivity index (χ3v) is 2.93. The molecule has 0 aliphatic carbocycles. The number of hydrogen-bond donors (Lipinski definition) is 2. The van der Waals surface area contributed by atoms with Gasteiger partial charge in [-0.2, -0.15) is 0 Å². The highest BCUT2D eigenvalue weighted by molar-refractivity contribution is 5.93. The molecule has 1 aromatic heterocycles. The molecule has 5 nitrogen and oxygen atoms in total. The summed E-state index contributed by atoms with van der Waals surface area (Å²) >= 11 is 0. The van der Waals surface area contributed by atoms with Crippen LogP contribution in [-0.2, 0) is 6.42 Å². The fraction of sp³-hybridized carbons (Fsp3) is 0.667. The van der Waals surface area contributed by atoms with Crippen LogP contribution in [0.2, 0.25) is 0 Å². The van der Waals surface area contributed by atoms with Gasteiger partial charge >= 0.3 is 0 Å². The van der Waals surface area contributed by atoms with E-state index in [1.807, 2.05) is 27.7 Å². The Morgan fingerprint density at radius 3 is 2.59 bits per heavy atom. The van der Waals surface area contributed by atoms with E-state index in [1.54, 1.807) is 0 Å². The molecule has 96 valence electrons. The Balaban J connectivity index is 2.79. The van der Waals surface area contributed by atoms with Crippen molar-refractivity contribution in [1.82, 2.24) is 10.5 Å². The van der Waals surface area contributed by atoms with Crippen LogP contribution < -0.4 is 11.1 Å². The molecule has 0 spiro atoms. The van der Waals surface area contributed by atoms with Crippen molar-refractivity contribution < 1.29 is 9.32 Å². The van der Waals surface area contributed by atoms with Crippen LogP contribution >= 0.6 is 0 Å². The van der Waals surface area contributed by atoms with Gasteiger partial charge in [0.2, 0.25) is 0 Å². The van der Waals surface area contributed by atoms with Crippen LogP contribution in [0.15, 0.2) is 4.52 Å². The maximum atomic E-state index is 12.0. The third-order valence-electron chi connectivity index (χ3n) is 2.93. The highest BCUT2D eigenvalue weighted by Gasteiger charge is 2.21. The fourth-order valence-corrected chi connectivity index (χ4v) is 1.65. The van der Waals surface area contributed by atoms with Crippen molar-refractivity contribution >= 4 is 5.91 Å². The maximum absolute atomic E-state index is 12.0. The molecule has 0 aliphatic heterocycles. The third kappa shape index (κ3) is 3.06. The lowest BCUT2D eigenvalue weighted by Gasteiger charge is -2.19. The Morgan fingerprint density at radius 1 is 1.53 bits per heavy atom. The summed E-state index contributed by atoms with van der Waals surface area (Å²) in [6.07, 6.45) is 0.733. The molecule has 17 heavy (non-hydrogen) atoms. The van der Waals surface area contributed by atoms with Crippen LogP contribution in [0.3, 0.4) is 0 Å². The lowest BCUT2D eigenvalue weighted by molar-refractivity contribution is 0.0918. The number of carbonyl (C=O) groups is 1. The number of nitrogens with two attached hydrogens (primary N) is 1. The minimum absolute atomic E-state index is 0.0383. The summed E-state index contributed by atoms with van der Waals surface area (Å²) in [6.45, 7) is 8.26. The van der Waals surface area contributed by atoms with Gasteiger partial charge in [-0.25, -0.2) is 0 Å². The summed E-state index contributed by atoms with van der Waals surface area (Å²) in [5.41, 5.74) is 6.78. The molecule has 0 aliphatic rings. The van der Waals surface area contributed by atoms with Crippen molar-refractivity contribution in [3.63, 3.8) is 0 Å². The van der Waals surface area contributed by atoms with Gasteiger partial charge in [-0.1, -0.05) is 25.9 Å². The molecule has 1 amide bonds. The minimum Gasteiger partial charge on any atom is -0.360 e. The topological polar surface area (TPSA) is 81.2 Å². The van der Waals surface area contributed by atoms with Gasteiger partial charge in [0.25, 0.3) is 5.91 Å². The number of amides is 1. The summed E-state index contributed by atoms with van der Waals surface area (Å²) in [5.74, 6) is 0.834. The van der Waals surface area contributed by atoms with Crippen LogP contribution in [0.5, 0.6) is 0 Å². The lowest BCUT2D eigenvalue weighted by atomic mass is 10.0. The number of aromatic nitrogens is 1. The zero-order valence-electron chi connectivity index (χ0n) is 10.9. The van der Waals surface area contributed by atoms with Crippen LogP contribution in [0.4, 0.5) is 0 Å². The van der Waals surface area contributed by atoms with E-state index in [-0.39, 0.29) is 11.9 Å². The predicted molar refractivity (Wildman–Crippen MR) is 65.8 cm³/mol. The Kier molecular flexibility index (Phi) is 4.69. The number of rotatable bonds is 5. The van der Waals surface area contributed by atoms with Gasteiger partial charge < -0.3 is 15.6 Å². The summed E-state index contributed by atoms with van der Waals surface area (Å²) < 4.78 is 5.10. The normalized spacial score (nSPS) is 12.8. The molecule has 0 aromatic carbocycles. The summed E-state index contributed by atoms with van der Waals surface area (Å²) in [7, 11) is 0. The zero-order chi connectivity index (χ0) is 13.0. The monoisotopic (exact) mass is 239 g/mol. The molecule has 0 radical (unpaired) electrons. The molecule has 1 rings (SSSR count). The minimum atomic E-state index is -0.213. The molecular formula is C12H21N3O2. The van der Waals surface area contributed by atoms with Crippen molar-refractivity contribution in [3.8, 4) is 0 Å². The molecule has 0 fully saturated rings. The van der Waals surface area contributed by atoms with Crippen molar-refractivity contribution in [2.45, 2.75) is 40.2 Å². The average molecular weight is 239 g/mol. The van der Waals surface area contributed by atoms with Gasteiger partial charge in [0.15, 0.2) is 5.69 Å². The van der Waals surface area contributed by atoms with E-state index < -0.39 is 0 Å². The number of aryl methyl sites for hydroxylation is 1. The molecule has 0 bridgehead atoms. The molecule has 1 atom stereocenters.